The summed E-state index contributed by atoms with van der Waals surface area (Å²) in [6, 6.07) is 9.97. The molecule has 1 heterocycles. The molecular weight excluding hydrogens is 370 g/mol. The van der Waals surface area contributed by atoms with E-state index in [9.17, 15) is 22.4 Å². The summed E-state index contributed by atoms with van der Waals surface area (Å²) in [4.78, 5) is 12.0. The molecule has 9 heteroatoms. The molecule has 0 bridgehead atoms. The van der Waals surface area contributed by atoms with Crippen molar-refractivity contribution in [2.24, 2.45) is 0 Å². The Morgan fingerprint density at radius 1 is 1.08 bits per heavy atom. The van der Waals surface area contributed by atoms with Crippen LogP contribution in [-0.2, 0) is 6.18 Å². The van der Waals surface area contributed by atoms with Crippen LogP contribution in [0.15, 0.2) is 42.5 Å². The Balaban J connectivity index is 1.63. The van der Waals surface area contributed by atoms with Crippen molar-refractivity contribution in [1.82, 2.24) is 9.69 Å². The summed E-state index contributed by atoms with van der Waals surface area (Å²) in [5.74, 6) is -1.70. The molecule has 4 nitrogen and oxygen atoms in total. The molecule has 0 spiro atoms. The average molecular weight is 383 g/mol. The molecule has 0 aliphatic heterocycles. The topological polar surface area (TPSA) is 54.0 Å². The highest BCUT2D eigenvalue weighted by Gasteiger charge is 2.36. The number of hydrogen-bond donors (Lipinski definition) is 2. The maximum absolute atomic E-state index is 13.8. The van der Waals surface area contributed by atoms with E-state index in [0.717, 1.165) is 22.2 Å². The van der Waals surface area contributed by atoms with Crippen LogP contribution < -0.4 is 10.6 Å². The number of nitrogens with zero attached hydrogens (tertiary/aromatic N) is 1. The second-order valence-electron chi connectivity index (χ2n) is 5.37. The van der Waals surface area contributed by atoms with Gasteiger partial charge in [-0.05, 0) is 35.8 Å². The van der Waals surface area contributed by atoms with E-state index in [-0.39, 0.29) is 13.1 Å². The average Bonchev–Trinajstić information content (AvgIpc) is 3.01. The number of anilines is 1. The summed E-state index contributed by atoms with van der Waals surface area (Å²) in [6.07, 6.45) is -4.81. The molecule has 0 atom stereocenters. The fourth-order valence-electron chi connectivity index (χ4n) is 2.45. The van der Waals surface area contributed by atoms with Crippen LogP contribution in [0.1, 0.15) is 15.9 Å². The standard InChI is InChI=1S/C17H13F4N3OS/c18-12-6-3-5-11(17(19,20)21)14(12)16(25)23-9-8-22-15-10-4-1-2-7-13(10)26-24-15/h1-7H,8-9H2,(H,22,24)(H,23,25). The van der Waals surface area contributed by atoms with Crippen LogP contribution in [0.2, 0.25) is 0 Å². The van der Waals surface area contributed by atoms with Crippen molar-refractivity contribution in [2.75, 3.05) is 18.4 Å². The van der Waals surface area contributed by atoms with E-state index in [1.54, 1.807) is 0 Å². The minimum atomic E-state index is -4.81. The zero-order valence-electron chi connectivity index (χ0n) is 13.2. The fraction of sp³-hybridized carbons (Fsp3) is 0.176. The van der Waals surface area contributed by atoms with Gasteiger partial charge >= 0.3 is 6.18 Å². The van der Waals surface area contributed by atoms with Gasteiger partial charge < -0.3 is 10.6 Å². The van der Waals surface area contributed by atoms with Crippen LogP contribution in [0.3, 0.4) is 0 Å². The number of nitrogens with one attached hydrogen (secondary N) is 2. The molecule has 0 saturated heterocycles. The maximum Gasteiger partial charge on any atom is 0.417 e. The summed E-state index contributed by atoms with van der Waals surface area (Å²) in [5.41, 5.74) is -2.30. The van der Waals surface area contributed by atoms with E-state index in [2.05, 4.69) is 15.0 Å². The number of hydrogen-bond acceptors (Lipinski definition) is 4. The molecule has 0 fully saturated rings. The van der Waals surface area contributed by atoms with Crippen LogP contribution >= 0.6 is 11.5 Å². The first-order valence-corrected chi connectivity index (χ1v) is 8.37. The summed E-state index contributed by atoms with van der Waals surface area (Å²) in [5, 5.41) is 6.21. The van der Waals surface area contributed by atoms with Gasteiger partial charge in [0.25, 0.3) is 5.91 Å². The molecule has 0 unspecified atom stereocenters. The summed E-state index contributed by atoms with van der Waals surface area (Å²) in [7, 11) is 0. The monoisotopic (exact) mass is 383 g/mol. The van der Waals surface area contributed by atoms with Crippen LogP contribution in [-0.4, -0.2) is 23.4 Å². The Hall–Kier alpha value is -2.68. The Bertz CT molecular complexity index is 939. The Labute approximate surface area is 150 Å². The van der Waals surface area contributed by atoms with Crippen LogP contribution in [0.25, 0.3) is 10.1 Å². The zero-order valence-corrected chi connectivity index (χ0v) is 14.0. The minimum absolute atomic E-state index is 0.0102. The van der Waals surface area contributed by atoms with E-state index in [4.69, 9.17) is 0 Å². The fourth-order valence-corrected chi connectivity index (χ4v) is 3.20. The van der Waals surface area contributed by atoms with E-state index in [0.29, 0.717) is 11.9 Å². The normalized spacial score (nSPS) is 11.5. The van der Waals surface area contributed by atoms with Crippen molar-refractivity contribution in [3.63, 3.8) is 0 Å². The Morgan fingerprint density at radius 3 is 2.62 bits per heavy atom. The van der Waals surface area contributed by atoms with E-state index in [1.165, 1.54) is 11.5 Å². The van der Waals surface area contributed by atoms with Gasteiger partial charge in [-0.25, -0.2) is 4.39 Å². The van der Waals surface area contributed by atoms with Gasteiger partial charge in [0.05, 0.1) is 15.8 Å². The second kappa shape index (κ2) is 7.28. The van der Waals surface area contributed by atoms with E-state index >= 15 is 0 Å². The number of aromatic nitrogens is 1. The molecule has 0 aliphatic carbocycles. The number of amides is 1. The molecule has 26 heavy (non-hydrogen) atoms. The van der Waals surface area contributed by atoms with Gasteiger partial charge in [-0.3, -0.25) is 4.79 Å². The van der Waals surface area contributed by atoms with Crippen molar-refractivity contribution in [3.05, 3.63) is 59.4 Å². The van der Waals surface area contributed by atoms with E-state index in [1.807, 2.05) is 24.3 Å². The lowest BCUT2D eigenvalue weighted by molar-refractivity contribution is -0.138. The van der Waals surface area contributed by atoms with Crippen molar-refractivity contribution < 1.29 is 22.4 Å². The molecule has 136 valence electrons. The summed E-state index contributed by atoms with van der Waals surface area (Å²) < 4.78 is 57.8. The third kappa shape index (κ3) is 3.77. The summed E-state index contributed by atoms with van der Waals surface area (Å²) in [6.45, 7) is 0.242. The largest absolute Gasteiger partial charge is 0.417 e. The van der Waals surface area contributed by atoms with Crippen LogP contribution in [0, 0.1) is 5.82 Å². The third-order valence-corrected chi connectivity index (χ3v) is 4.45. The third-order valence-electron chi connectivity index (χ3n) is 3.63. The molecule has 0 saturated carbocycles. The van der Waals surface area contributed by atoms with Gasteiger partial charge in [-0.15, -0.1) is 0 Å². The molecule has 2 N–H and O–H groups in total. The molecule has 0 aliphatic rings. The Morgan fingerprint density at radius 2 is 1.85 bits per heavy atom. The number of rotatable bonds is 5. The lowest BCUT2D eigenvalue weighted by Gasteiger charge is -2.13. The molecule has 3 aromatic rings. The first-order chi connectivity index (χ1) is 12.4. The van der Waals surface area contributed by atoms with Crippen molar-refractivity contribution >= 4 is 33.3 Å². The molecule has 1 amide bonds. The molecular formula is C17H13F4N3OS. The lowest BCUT2D eigenvalue weighted by Crippen LogP contribution is -2.31. The van der Waals surface area contributed by atoms with Crippen molar-refractivity contribution in [3.8, 4) is 0 Å². The predicted octanol–water partition coefficient (Wildman–Crippen LogP) is 4.30. The number of carbonyl (C=O) groups excluding carboxylic acids is 1. The number of halogens is 4. The summed E-state index contributed by atoms with van der Waals surface area (Å²) >= 11 is 1.31. The second-order valence-corrected chi connectivity index (χ2v) is 6.18. The SMILES string of the molecule is O=C(NCCNc1nsc2ccccc12)c1c(F)cccc1C(F)(F)F. The lowest BCUT2D eigenvalue weighted by atomic mass is 10.1. The highest BCUT2D eigenvalue weighted by Crippen LogP contribution is 2.33. The van der Waals surface area contributed by atoms with E-state index < -0.39 is 29.0 Å². The van der Waals surface area contributed by atoms with Crippen molar-refractivity contribution in [2.45, 2.75) is 6.18 Å². The smallest absolute Gasteiger partial charge is 0.367 e. The molecule has 0 radical (unpaired) electrons. The molecule has 1 aromatic heterocycles. The van der Waals surface area contributed by atoms with Crippen LogP contribution in [0.5, 0.6) is 0 Å². The minimum Gasteiger partial charge on any atom is -0.367 e. The van der Waals surface area contributed by atoms with Crippen LogP contribution in [0.4, 0.5) is 23.4 Å². The van der Waals surface area contributed by atoms with Gasteiger partial charge in [0.2, 0.25) is 0 Å². The molecule has 3 rings (SSSR count). The highest BCUT2D eigenvalue weighted by atomic mass is 32.1. The number of fused-ring (bicyclic) bond motifs is 1. The zero-order chi connectivity index (χ0) is 18.7. The van der Waals surface area contributed by atoms with Gasteiger partial charge in [0.1, 0.15) is 11.6 Å². The molecule has 2 aromatic carbocycles. The van der Waals surface area contributed by atoms with Crippen molar-refractivity contribution in [1.29, 1.82) is 0 Å². The highest BCUT2D eigenvalue weighted by molar-refractivity contribution is 7.13. The first-order valence-electron chi connectivity index (χ1n) is 7.60. The first kappa shape index (κ1) is 18.1. The van der Waals surface area contributed by atoms with Gasteiger partial charge in [0.15, 0.2) is 0 Å². The van der Waals surface area contributed by atoms with Gasteiger partial charge in [0, 0.05) is 18.5 Å². The number of carbonyl (C=O) groups is 1. The Kier molecular flexibility index (Phi) is 5.08. The number of alkyl halides is 3. The predicted molar refractivity (Wildman–Crippen MR) is 91.8 cm³/mol. The quantitative estimate of drug-likeness (QED) is 0.510. The van der Waals surface area contributed by atoms with Gasteiger partial charge in [-0.1, -0.05) is 18.2 Å². The number of benzene rings is 2. The van der Waals surface area contributed by atoms with Gasteiger partial charge in [-0.2, -0.15) is 17.5 Å². The maximum atomic E-state index is 13.8.